The van der Waals surface area contributed by atoms with Crippen LogP contribution in [0.25, 0.3) is 0 Å². The summed E-state index contributed by atoms with van der Waals surface area (Å²) in [5, 5.41) is 0.632. The highest BCUT2D eigenvalue weighted by Gasteiger charge is 2.12. The van der Waals surface area contributed by atoms with E-state index in [0.717, 1.165) is 5.56 Å². The molecule has 2 aromatic carbocycles. The predicted molar refractivity (Wildman–Crippen MR) is 74.0 cm³/mol. The minimum Gasteiger partial charge on any atom is -0.372 e. The fourth-order valence-electron chi connectivity index (χ4n) is 1.55. The zero-order valence-corrected chi connectivity index (χ0v) is 12.1. The van der Waals surface area contributed by atoms with Gasteiger partial charge in [-0.2, -0.15) is 0 Å². The van der Waals surface area contributed by atoms with Crippen molar-refractivity contribution in [3.63, 3.8) is 0 Å². The molecule has 0 heterocycles. The highest BCUT2D eigenvalue weighted by Crippen LogP contribution is 2.22. The minimum atomic E-state index is -0.629. The second-order valence-electron chi connectivity index (χ2n) is 3.94. The maximum absolute atomic E-state index is 13.7. The molecule has 2 rings (SSSR count). The largest absolute Gasteiger partial charge is 0.372 e. The first-order valence-corrected chi connectivity index (χ1v) is 6.69. The molecule has 0 N–H and O–H groups in total. The molecule has 0 aliphatic rings. The second-order valence-corrected chi connectivity index (χ2v) is 5.23. The fourth-order valence-corrected chi connectivity index (χ4v) is 2.05. The van der Waals surface area contributed by atoms with Crippen molar-refractivity contribution >= 4 is 27.5 Å². The first-order valence-electron chi connectivity index (χ1n) is 5.52. The number of ether oxygens (including phenoxy) is 1. The van der Waals surface area contributed by atoms with Gasteiger partial charge in [0.2, 0.25) is 0 Å². The molecule has 0 saturated heterocycles. The summed E-state index contributed by atoms with van der Waals surface area (Å²) in [7, 11) is 0. The molecule has 0 aliphatic carbocycles. The molecule has 0 amide bonds. The zero-order chi connectivity index (χ0) is 13.8. The fraction of sp³-hybridized carbons (Fsp3) is 0.143. The van der Waals surface area contributed by atoms with Crippen molar-refractivity contribution < 1.29 is 13.5 Å². The third-order valence-corrected chi connectivity index (χ3v) is 3.43. The van der Waals surface area contributed by atoms with Crippen LogP contribution in [0.3, 0.4) is 0 Å². The van der Waals surface area contributed by atoms with E-state index in [1.54, 1.807) is 24.3 Å². The van der Waals surface area contributed by atoms with Gasteiger partial charge in [-0.3, -0.25) is 0 Å². The molecule has 0 spiro atoms. The smallest absolute Gasteiger partial charge is 0.145 e. The van der Waals surface area contributed by atoms with E-state index in [1.165, 1.54) is 12.1 Å². The summed E-state index contributed by atoms with van der Waals surface area (Å²) in [6, 6.07) is 9.61. The quantitative estimate of drug-likeness (QED) is 0.699. The van der Waals surface area contributed by atoms with Crippen molar-refractivity contribution in [3.8, 4) is 0 Å². The van der Waals surface area contributed by atoms with Gasteiger partial charge in [-0.25, -0.2) is 8.78 Å². The Labute approximate surface area is 123 Å². The summed E-state index contributed by atoms with van der Waals surface area (Å²) in [6.45, 7) is 0.141. The van der Waals surface area contributed by atoms with Crippen LogP contribution in [-0.2, 0) is 18.0 Å². The van der Waals surface area contributed by atoms with E-state index in [4.69, 9.17) is 16.3 Å². The lowest BCUT2D eigenvalue weighted by Gasteiger charge is -2.08. The van der Waals surface area contributed by atoms with E-state index in [1.807, 2.05) is 0 Å². The number of benzene rings is 2. The van der Waals surface area contributed by atoms with E-state index in [2.05, 4.69) is 15.9 Å². The third kappa shape index (κ3) is 3.75. The van der Waals surface area contributed by atoms with Crippen molar-refractivity contribution in [2.45, 2.75) is 13.2 Å². The first kappa shape index (κ1) is 14.4. The molecule has 0 bridgehead atoms. The predicted octanol–water partition coefficient (Wildman–Crippen LogP) is 5.10. The van der Waals surface area contributed by atoms with E-state index >= 15 is 0 Å². The minimum absolute atomic E-state index is 0.0802. The molecule has 0 saturated carbocycles. The zero-order valence-electron chi connectivity index (χ0n) is 9.80. The van der Waals surface area contributed by atoms with Crippen molar-refractivity contribution in [2.24, 2.45) is 0 Å². The Morgan fingerprint density at radius 3 is 2.37 bits per heavy atom. The summed E-state index contributed by atoms with van der Waals surface area (Å²) in [5.41, 5.74) is 0.809. The molecule has 2 aromatic rings. The van der Waals surface area contributed by atoms with Crippen molar-refractivity contribution in [2.75, 3.05) is 0 Å². The van der Waals surface area contributed by atoms with Crippen LogP contribution in [0.5, 0.6) is 0 Å². The van der Waals surface area contributed by atoms with Gasteiger partial charge in [0.15, 0.2) is 0 Å². The van der Waals surface area contributed by atoms with Crippen LogP contribution in [0.4, 0.5) is 8.78 Å². The van der Waals surface area contributed by atoms with Crippen LogP contribution in [-0.4, -0.2) is 0 Å². The molecule has 5 heteroatoms. The van der Waals surface area contributed by atoms with Gasteiger partial charge in [0, 0.05) is 5.02 Å². The Kier molecular flexibility index (Phi) is 4.91. The molecule has 0 unspecified atom stereocenters. The molecule has 0 radical (unpaired) electrons. The Bertz CT molecular complexity index is 572. The van der Waals surface area contributed by atoms with Gasteiger partial charge in [0.05, 0.1) is 23.2 Å². The summed E-state index contributed by atoms with van der Waals surface area (Å²) < 4.78 is 32.6. The highest BCUT2D eigenvalue weighted by molar-refractivity contribution is 9.10. The molecule has 100 valence electrons. The van der Waals surface area contributed by atoms with Gasteiger partial charge in [-0.1, -0.05) is 23.7 Å². The Hall–Kier alpha value is -0.970. The molecule has 0 aliphatic heterocycles. The molecule has 19 heavy (non-hydrogen) atoms. The number of halogens is 4. The summed E-state index contributed by atoms with van der Waals surface area (Å²) in [4.78, 5) is 0. The number of hydrogen-bond acceptors (Lipinski definition) is 1. The Balaban J connectivity index is 2.00. The van der Waals surface area contributed by atoms with Gasteiger partial charge in [0.1, 0.15) is 11.6 Å². The van der Waals surface area contributed by atoms with E-state index in [9.17, 15) is 8.78 Å². The van der Waals surface area contributed by atoms with Gasteiger partial charge in [0.25, 0.3) is 0 Å². The molecule has 0 aromatic heterocycles. The topological polar surface area (TPSA) is 9.23 Å². The monoisotopic (exact) mass is 346 g/mol. The molecule has 1 nitrogen and oxygen atoms in total. The molecular weight excluding hydrogens is 338 g/mol. The molecule has 0 atom stereocenters. The standard InChI is InChI=1S/C14H10BrClF2O/c15-12-5-6-13(17)11(14(12)18)8-19-7-9-1-3-10(16)4-2-9/h1-6H,7-8H2. The summed E-state index contributed by atoms with van der Waals surface area (Å²) in [5.74, 6) is -1.24. The normalized spacial score (nSPS) is 10.7. The van der Waals surface area contributed by atoms with Crippen LogP contribution in [0.1, 0.15) is 11.1 Å². The van der Waals surface area contributed by atoms with Crippen LogP contribution in [0.15, 0.2) is 40.9 Å². The van der Waals surface area contributed by atoms with Gasteiger partial charge in [-0.05, 0) is 45.8 Å². The average Bonchev–Trinajstić information content (AvgIpc) is 2.40. The first-order chi connectivity index (χ1) is 9.08. The van der Waals surface area contributed by atoms with Crippen LogP contribution >= 0.6 is 27.5 Å². The maximum Gasteiger partial charge on any atom is 0.145 e. The Morgan fingerprint density at radius 2 is 1.68 bits per heavy atom. The number of hydrogen-bond donors (Lipinski definition) is 0. The second kappa shape index (κ2) is 6.46. The Morgan fingerprint density at radius 1 is 1.00 bits per heavy atom. The summed E-state index contributed by atoms with van der Waals surface area (Å²) in [6.07, 6.45) is 0. The van der Waals surface area contributed by atoms with Crippen LogP contribution < -0.4 is 0 Å². The third-order valence-electron chi connectivity index (χ3n) is 2.57. The maximum atomic E-state index is 13.7. The average molecular weight is 348 g/mol. The van der Waals surface area contributed by atoms with Crippen molar-refractivity contribution in [3.05, 3.63) is 68.7 Å². The van der Waals surface area contributed by atoms with Crippen LogP contribution in [0.2, 0.25) is 5.02 Å². The van der Waals surface area contributed by atoms with Gasteiger partial charge in [-0.15, -0.1) is 0 Å². The van der Waals surface area contributed by atoms with Crippen molar-refractivity contribution in [1.82, 2.24) is 0 Å². The van der Waals surface area contributed by atoms with Crippen LogP contribution in [0, 0.1) is 11.6 Å². The van der Waals surface area contributed by atoms with E-state index in [0.29, 0.717) is 5.02 Å². The molecule has 0 fully saturated rings. The lowest BCUT2D eigenvalue weighted by molar-refractivity contribution is 0.102. The van der Waals surface area contributed by atoms with Gasteiger partial charge >= 0.3 is 0 Å². The van der Waals surface area contributed by atoms with E-state index in [-0.39, 0.29) is 23.2 Å². The number of rotatable bonds is 4. The molecular formula is C14H10BrClF2O. The lowest BCUT2D eigenvalue weighted by Crippen LogP contribution is -2.01. The van der Waals surface area contributed by atoms with Crippen molar-refractivity contribution in [1.29, 1.82) is 0 Å². The SMILES string of the molecule is Fc1ccc(Br)c(F)c1COCc1ccc(Cl)cc1. The van der Waals surface area contributed by atoms with E-state index < -0.39 is 11.6 Å². The summed E-state index contributed by atoms with van der Waals surface area (Å²) >= 11 is 8.77. The lowest BCUT2D eigenvalue weighted by atomic mass is 10.2. The highest BCUT2D eigenvalue weighted by atomic mass is 79.9. The van der Waals surface area contributed by atoms with Gasteiger partial charge < -0.3 is 4.74 Å².